The van der Waals surface area contributed by atoms with Crippen molar-refractivity contribution in [1.82, 2.24) is 9.36 Å². The Kier molecular flexibility index (Phi) is 4.31. The highest BCUT2D eigenvalue weighted by atomic mass is 32.1. The molecule has 0 radical (unpaired) electrons. The maximum Gasteiger partial charge on any atom is 0.202 e. The Morgan fingerprint density at radius 3 is 2.95 bits per heavy atom. The fraction of sp³-hybridized carbons (Fsp3) is 0.429. The molecule has 21 heavy (non-hydrogen) atoms. The SMILES string of the molecule is Oc1cccc(F)c1CNc1nc(C2CCOCC2)ns1. The van der Waals surface area contributed by atoms with Crippen LogP contribution in [0, 0.1) is 5.82 Å². The average molecular weight is 309 g/mol. The molecule has 3 rings (SSSR count). The van der Waals surface area contributed by atoms with Crippen molar-refractivity contribution < 1.29 is 14.2 Å². The first kappa shape index (κ1) is 14.2. The Hall–Kier alpha value is -1.73. The first-order valence-electron chi connectivity index (χ1n) is 6.85. The van der Waals surface area contributed by atoms with Crippen molar-refractivity contribution in [3.05, 3.63) is 35.4 Å². The van der Waals surface area contributed by atoms with E-state index in [0.29, 0.717) is 11.0 Å². The van der Waals surface area contributed by atoms with Gasteiger partial charge in [0, 0.05) is 42.8 Å². The number of benzene rings is 1. The molecule has 1 saturated heterocycles. The number of nitrogens with one attached hydrogen (secondary N) is 1. The number of phenols is 1. The molecule has 7 heteroatoms. The van der Waals surface area contributed by atoms with Crippen LogP contribution < -0.4 is 5.32 Å². The van der Waals surface area contributed by atoms with Crippen molar-refractivity contribution in [2.45, 2.75) is 25.3 Å². The lowest BCUT2D eigenvalue weighted by Gasteiger charge is -2.18. The lowest BCUT2D eigenvalue weighted by molar-refractivity contribution is 0.0838. The molecule has 2 aromatic rings. The summed E-state index contributed by atoms with van der Waals surface area (Å²) in [5, 5.41) is 13.3. The van der Waals surface area contributed by atoms with Gasteiger partial charge in [-0.15, -0.1) is 0 Å². The molecule has 2 N–H and O–H groups in total. The number of aromatic hydroxyl groups is 1. The fourth-order valence-corrected chi connectivity index (χ4v) is 2.96. The van der Waals surface area contributed by atoms with Gasteiger partial charge in [-0.3, -0.25) is 0 Å². The van der Waals surface area contributed by atoms with E-state index >= 15 is 0 Å². The van der Waals surface area contributed by atoms with Gasteiger partial charge in [-0.1, -0.05) is 6.07 Å². The van der Waals surface area contributed by atoms with E-state index in [1.807, 2.05) is 0 Å². The molecule has 1 aliphatic rings. The summed E-state index contributed by atoms with van der Waals surface area (Å²) in [5.74, 6) is 0.671. The van der Waals surface area contributed by atoms with Crippen LogP contribution in [0.3, 0.4) is 0 Å². The van der Waals surface area contributed by atoms with Gasteiger partial charge in [-0.05, 0) is 25.0 Å². The number of hydrogen-bond donors (Lipinski definition) is 2. The van der Waals surface area contributed by atoms with Crippen molar-refractivity contribution in [2.75, 3.05) is 18.5 Å². The smallest absolute Gasteiger partial charge is 0.202 e. The lowest BCUT2D eigenvalue weighted by atomic mass is 10.00. The van der Waals surface area contributed by atoms with Gasteiger partial charge in [0.2, 0.25) is 5.13 Å². The molecule has 0 bridgehead atoms. The summed E-state index contributed by atoms with van der Waals surface area (Å²) < 4.78 is 23.3. The predicted molar refractivity (Wildman–Crippen MR) is 78.1 cm³/mol. The van der Waals surface area contributed by atoms with Gasteiger partial charge in [0.05, 0.1) is 0 Å². The maximum atomic E-state index is 13.6. The molecule has 0 spiro atoms. The van der Waals surface area contributed by atoms with Crippen LogP contribution in [-0.4, -0.2) is 27.7 Å². The van der Waals surface area contributed by atoms with E-state index in [-0.39, 0.29) is 17.9 Å². The zero-order valence-corrected chi connectivity index (χ0v) is 12.2. The molecule has 0 atom stereocenters. The second kappa shape index (κ2) is 6.36. The molecule has 0 saturated carbocycles. The molecule has 1 aliphatic heterocycles. The van der Waals surface area contributed by atoms with E-state index in [9.17, 15) is 9.50 Å². The van der Waals surface area contributed by atoms with Gasteiger partial charge in [0.1, 0.15) is 17.4 Å². The third-order valence-electron chi connectivity index (χ3n) is 3.54. The quantitative estimate of drug-likeness (QED) is 0.909. The molecule has 5 nitrogen and oxygen atoms in total. The van der Waals surface area contributed by atoms with Gasteiger partial charge in [-0.25, -0.2) is 9.37 Å². The molecule has 0 unspecified atom stereocenters. The third-order valence-corrected chi connectivity index (χ3v) is 4.23. The second-order valence-electron chi connectivity index (χ2n) is 4.94. The maximum absolute atomic E-state index is 13.6. The van der Waals surface area contributed by atoms with Crippen molar-refractivity contribution in [1.29, 1.82) is 0 Å². The molecule has 112 valence electrons. The number of rotatable bonds is 4. The Labute approximate surface area is 126 Å². The summed E-state index contributed by atoms with van der Waals surface area (Å²) in [5.41, 5.74) is 0.236. The van der Waals surface area contributed by atoms with Crippen LogP contribution in [0.25, 0.3) is 0 Å². The average Bonchev–Trinajstić information content (AvgIpc) is 2.97. The molecule has 0 aliphatic carbocycles. The third kappa shape index (κ3) is 3.30. The molecular formula is C14H16FN3O2S. The minimum Gasteiger partial charge on any atom is -0.507 e. The summed E-state index contributed by atoms with van der Waals surface area (Å²) >= 11 is 1.26. The van der Waals surface area contributed by atoms with Gasteiger partial charge >= 0.3 is 0 Å². The number of halogens is 1. The zero-order chi connectivity index (χ0) is 14.7. The van der Waals surface area contributed by atoms with E-state index in [1.54, 1.807) is 0 Å². The van der Waals surface area contributed by atoms with E-state index in [1.165, 1.54) is 29.7 Å². The van der Waals surface area contributed by atoms with Gasteiger partial charge < -0.3 is 15.2 Å². The summed E-state index contributed by atoms with van der Waals surface area (Å²) in [7, 11) is 0. The number of ether oxygens (including phenoxy) is 1. The van der Waals surface area contributed by atoms with Gasteiger partial charge in [-0.2, -0.15) is 4.37 Å². The first-order valence-corrected chi connectivity index (χ1v) is 7.63. The predicted octanol–water partition coefficient (Wildman–Crippen LogP) is 2.89. The summed E-state index contributed by atoms with van der Waals surface area (Å²) in [6, 6.07) is 4.26. The zero-order valence-electron chi connectivity index (χ0n) is 11.4. The summed E-state index contributed by atoms with van der Waals surface area (Å²) in [6.45, 7) is 1.67. The van der Waals surface area contributed by atoms with Crippen LogP contribution in [0.1, 0.15) is 30.1 Å². The van der Waals surface area contributed by atoms with Crippen LogP contribution in [0.15, 0.2) is 18.2 Å². The van der Waals surface area contributed by atoms with Gasteiger partial charge in [0.15, 0.2) is 0 Å². The molecule has 0 amide bonds. The number of phenolic OH excluding ortho intramolecular Hbond substituents is 1. The molecular weight excluding hydrogens is 293 g/mol. The Morgan fingerprint density at radius 1 is 1.38 bits per heavy atom. The second-order valence-corrected chi connectivity index (χ2v) is 5.69. The Bertz CT molecular complexity index is 594. The largest absolute Gasteiger partial charge is 0.507 e. The van der Waals surface area contributed by atoms with Crippen LogP contribution in [0.2, 0.25) is 0 Å². The number of aromatic nitrogens is 2. The van der Waals surface area contributed by atoms with Crippen LogP contribution in [0.4, 0.5) is 9.52 Å². The number of anilines is 1. The highest BCUT2D eigenvalue weighted by Crippen LogP contribution is 2.27. The standard InChI is InChI=1S/C14H16FN3O2S/c15-11-2-1-3-12(19)10(11)8-16-14-17-13(18-21-14)9-4-6-20-7-5-9/h1-3,9,19H,4-8H2,(H,16,17,18). The normalized spacial score (nSPS) is 16.0. The van der Waals surface area contributed by atoms with Crippen molar-refractivity contribution in [2.24, 2.45) is 0 Å². The monoisotopic (exact) mass is 309 g/mol. The van der Waals surface area contributed by atoms with E-state index in [2.05, 4.69) is 14.7 Å². The van der Waals surface area contributed by atoms with E-state index < -0.39 is 5.82 Å². The Morgan fingerprint density at radius 2 is 2.19 bits per heavy atom. The topological polar surface area (TPSA) is 67.3 Å². The van der Waals surface area contributed by atoms with Crippen LogP contribution in [-0.2, 0) is 11.3 Å². The number of hydrogen-bond acceptors (Lipinski definition) is 6. The van der Waals surface area contributed by atoms with E-state index in [0.717, 1.165) is 31.9 Å². The molecule has 1 aromatic heterocycles. The van der Waals surface area contributed by atoms with E-state index in [4.69, 9.17) is 4.74 Å². The van der Waals surface area contributed by atoms with Gasteiger partial charge in [0.25, 0.3) is 0 Å². The Balaban J connectivity index is 1.64. The summed E-state index contributed by atoms with van der Waals surface area (Å²) in [6.07, 6.45) is 1.87. The van der Waals surface area contributed by atoms with Crippen LogP contribution in [0.5, 0.6) is 5.75 Å². The van der Waals surface area contributed by atoms with Crippen LogP contribution >= 0.6 is 11.5 Å². The summed E-state index contributed by atoms with van der Waals surface area (Å²) in [4.78, 5) is 4.44. The molecule has 2 heterocycles. The molecule has 1 aromatic carbocycles. The first-order chi connectivity index (χ1) is 10.2. The lowest BCUT2D eigenvalue weighted by Crippen LogP contribution is -2.15. The van der Waals surface area contributed by atoms with Crippen molar-refractivity contribution >= 4 is 16.7 Å². The minimum atomic E-state index is -0.434. The highest BCUT2D eigenvalue weighted by Gasteiger charge is 2.20. The number of nitrogens with zero attached hydrogens (tertiary/aromatic N) is 2. The minimum absolute atomic E-state index is 0.0586. The molecule has 1 fully saturated rings. The highest BCUT2D eigenvalue weighted by molar-refractivity contribution is 7.09. The van der Waals surface area contributed by atoms with Crippen molar-refractivity contribution in [3.8, 4) is 5.75 Å². The van der Waals surface area contributed by atoms with Crippen molar-refractivity contribution in [3.63, 3.8) is 0 Å². The fourth-order valence-electron chi connectivity index (χ4n) is 2.31.